The molecule has 0 saturated heterocycles. The van der Waals surface area contributed by atoms with E-state index in [4.69, 9.17) is 22.1 Å². The summed E-state index contributed by atoms with van der Waals surface area (Å²) < 4.78 is 4.98. The molecule has 1 aromatic carbocycles. The van der Waals surface area contributed by atoms with Crippen molar-refractivity contribution < 1.29 is 9.53 Å². The molecule has 90 valence electrons. The van der Waals surface area contributed by atoms with Crippen LogP contribution in [0.3, 0.4) is 0 Å². The van der Waals surface area contributed by atoms with E-state index in [1.165, 1.54) is 7.11 Å². The van der Waals surface area contributed by atoms with Crippen LogP contribution in [-0.2, 0) is 4.79 Å². The summed E-state index contributed by atoms with van der Waals surface area (Å²) in [5, 5.41) is 3.07. The van der Waals surface area contributed by atoms with Gasteiger partial charge in [0.2, 0.25) is 5.91 Å². The zero-order valence-electron chi connectivity index (χ0n) is 8.99. The van der Waals surface area contributed by atoms with Crippen LogP contribution in [0.25, 0.3) is 0 Å². The molecule has 0 aliphatic carbocycles. The molecule has 0 radical (unpaired) electrons. The van der Waals surface area contributed by atoms with E-state index in [2.05, 4.69) is 5.32 Å². The molecule has 1 rings (SSSR count). The Morgan fingerprint density at radius 2 is 2.19 bits per heavy atom. The van der Waals surface area contributed by atoms with Crippen molar-refractivity contribution in [1.82, 2.24) is 0 Å². The Hall–Kier alpha value is -0.970. The molecule has 1 amide bonds. The number of nitrogens with two attached hydrogens (primary N) is 1. The number of anilines is 1. The molecule has 1 aromatic rings. The van der Waals surface area contributed by atoms with Crippen LogP contribution in [0.2, 0.25) is 5.02 Å². The fourth-order valence-corrected chi connectivity index (χ4v) is 1.26. The highest BCUT2D eigenvalue weighted by Gasteiger charge is 2.08. The molecule has 3 N–H and O–H groups in total. The quantitative estimate of drug-likeness (QED) is 0.879. The molecule has 0 spiro atoms. The van der Waals surface area contributed by atoms with Crippen molar-refractivity contribution in [3.63, 3.8) is 0 Å². The number of nitrogens with one attached hydrogen (secondary N) is 1. The predicted octanol–water partition coefficient (Wildman–Crippen LogP) is 2.06. The normalized spacial score (nSPS) is 11.2. The highest BCUT2D eigenvalue weighted by Crippen LogP contribution is 2.27. The van der Waals surface area contributed by atoms with E-state index >= 15 is 0 Å². The first-order valence-corrected chi connectivity index (χ1v) is 4.82. The van der Waals surface area contributed by atoms with Gasteiger partial charge >= 0.3 is 0 Å². The molecule has 1 unspecified atom stereocenters. The van der Waals surface area contributed by atoms with Crippen LogP contribution in [0, 0.1) is 0 Å². The maximum Gasteiger partial charge on any atom is 0.240 e. The summed E-state index contributed by atoms with van der Waals surface area (Å²) in [5.41, 5.74) is 6.01. The third kappa shape index (κ3) is 3.89. The van der Waals surface area contributed by atoms with Gasteiger partial charge in [-0.3, -0.25) is 4.79 Å². The third-order valence-corrected chi connectivity index (χ3v) is 2.13. The van der Waals surface area contributed by atoms with E-state index in [-0.39, 0.29) is 18.3 Å². The van der Waals surface area contributed by atoms with Gasteiger partial charge in [0.15, 0.2) is 0 Å². The van der Waals surface area contributed by atoms with Gasteiger partial charge in [-0.15, -0.1) is 12.4 Å². The highest BCUT2D eigenvalue weighted by molar-refractivity contribution is 6.32. The lowest BCUT2D eigenvalue weighted by atomic mass is 10.2. The summed E-state index contributed by atoms with van der Waals surface area (Å²) in [4.78, 5) is 11.3. The van der Waals surface area contributed by atoms with Crippen LogP contribution in [0.1, 0.15) is 6.92 Å². The first kappa shape index (κ1) is 15.0. The lowest BCUT2D eigenvalue weighted by Crippen LogP contribution is -2.32. The molecule has 0 heterocycles. The van der Waals surface area contributed by atoms with Crippen LogP contribution in [0.15, 0.2) is 18.2 Å². The zero-order chi connectivity index (χ0) is 11.4. The summed E-state index contributed by atoms with van der Waals surface area (Å²) in [7, 11) is 1.53. The molecule has 0 saturated carbocycles. The Kier molecular flexibility index (Phi) is 6.18. The van der Waals surface area contributed by atoms with Crippen molar-refractivity contribution in [2.75, 3.05) is 12.4 Å². The van der Waals surface area contributed by atoms with Crippen LogP contribution < -0.4 is 15.8 Å². The van der Waals surface area contributed by atoms with Crippen molar-refractivity contribution in [3.05, 3.63) is 23.2 Å². The monoisotopic (exact) mass is 264 g/mol. The Morgan fingerprint density at radius 1 is 1.56 bits per heavy atom. The molecular formula is C10H14Cl2N2O2. The van der Waals surface area contributed by atoms with E-state index in [1.807, 2.05) is 0 Å². The van der Waals surface area contributed by atoms with Gasteiger partial charge in [0.1, 0.15) is 5.75 Å². The topological polar surface area (TPSA) is 64.3 Å². The van der Waals surface area contributed by atoms with E-state index in [1.54, 1.807) is 25.1 Å². The van der Waals surface area contributed by atoms with Crippen molar-refractivity contribution >= 4 is 35.6 Å². The molecule has 1 atom stereocenters. The van der Waals surface area contributed by atoms with Gasteiger partial charge in [0.05, 0.1) is 18.2 Å². The van der Waals surface area contributed by atoms with Gasteiger partial charge < -0.3 is 15.8 Å². The molecule has 0 bridgehead atoms. The molecule has 16 heavy (non-hydrogen) atoms. The standard InChI is InChI=1S/C10H13ClN2O2.ClH/c1-6(12)10(14)13-7-3-4-9(15-2)8(11)5-7;/h3-6H,12H2,1-2H3,(H,13,14);1H. The number of ether oxygens (including phenoxy) is 1. The number of hydrogen-bond acceptors (Lipinski definition) is 3. The fourth-order valence-electron chi connectivity index (χ4n) is 1.00. The summed E-state index contributed by atoms with van der Waals surface area (Å²) in [6, 6.07) is 4.44. The minimum absolute atomic E-state index is 0. The van der Waals surface area contributed by atoms with Crippen molar-refractivity contribution in [3.8, 4) is 5.75 Å². The molecule has 0 aromatic heterocycles. The Labute approximate surface area is 106 Å². The number of halogens is 2. The van der Waals surface area contributed by atoms with Gasteiger partial charge in [0, 0.05) is 5.69 Å². The van der Waals surface area contributed by atoms with Gasteiger partial charge in [0.25, 0.3) is 0 Å². The van der Waals surface area contributed by atoms with Crippen molar-refractivity contribution in [2.24, 2.45) is 5.73 Å². The fraction of sp³-hybridized carbons (Fsp3) is 0.300. The summed E-state index contributed by atoms with van der Waals surface area (Å²) >= 11 is 5.89. The molecular weight excluding hydrogens is 251 g/mol. The zero-order valence-corrected chi connectivity index (χ0v) is 10.6. The average Bonchev–Trinajstić information content (AvgIpc) is 2.18. The number of benzene rings is 1. The number of carbonyl (C=O) groups is 1. The minimum Gasteiger partial charge on any atom is -0.495 e. The van der Waals surface area contributed by atoms with Crippen LogP contribution in [-0.4, -0.2) is 19.1 Å². The second-order valence-electron chi connectivity index (χ2n) is 3.13. The first-order chi connectivity index (χ1) is 7.04. The van der Waals surface area contributed by atoms with Gasteiger partial charge in [-0.2, -0.15) is 0 Å². The average molecular weight is 265 g/mol. The first-order valence-electron chi connectivity index (χ1n) is 4.44. The second-order valence-corrected chi connectivity index (χ2v) is 3.53. The number of hydrogen-bond donors (Lipinski definition) is 2. The van der Waals surface area contributed by atoms with Crippen LogP contribution >= 0.6 is 24.0 Å². The smallest absolute Gasteiger partial charge is 0.240 e. The van der Waals surface area contributed by atoms with Crippen molar-refractivity contribution in [2.45, 2.75) is 13.0 Å². The molecule has 6 heteroatoms. The Morgan fingerprint density at radius 3 is 2.62 bits per heavy atom. The SMILES string of the molecule is COc1ccc(NC(=O)C(C)N)cc1Cl.Cl. The number of amides is 1. The Bertz CT molecular complexity index is 370. The number of methoxy groups -OCH3 is 1. The Balaban J connectivity index is 0.00000225. The second kappa shape index (κ2) is 6.58. The molecule has 0 fully saturated rings. The summed E-state index contributed by atoms with van der Waals surface area (Å²) in [5.74, 6) is 0.312. The lowest BCUT2D eigenvalue weighted by molar-refractivity contribution is -0.117. The third-order valence-electron chi connectivity index (χ3n) is 1.83. The van der Waals surface area contributed by atoms with Crippen LogP contribution in [0.4, 0.5) is 5.69 Å². The summed E-state index contributed by atoms with van der Waals surface area (Å²) in [6.07, 6.45) is 0. The molecule has 0 aliphatic rings. The predicted molar refractivity (Wildman–Crippen MR) is 67.5 cm³/mol. The lowest BCUT2D eigenvalue weighted by Gasteiger charge is -2.09. The van der Waals surface area contributed by atoms with Gasteiger partial charge in [-0.25, -0.2) is 0 Å². The van der Waals surface area contributed by atoms with Crippen LogP contribution in [0.5, 0.6) is 5.75 Å². The molecule has 4 nitrogen and oxygen atoms in total. The largest absolute Gasteiger partial charge is 0.495 e. The maximum absolute atomic E-state index is 11.3. The number of carbonyl (C=O) groups excluding carboxylic acids is 1. The van der Waals surface area contributed by atoms with Gasteiger partial charge in [-0.1, -0.05) is 11.6 Å². The van der Waals surface area contributed by atoms with E-state index in [0.29, 0.717) is 16.5 Å². The van der Waals surface area contributed by atoms with Gasteiger partial charge in [-0.05, 0) is 25.1 Å². The highest BCUT2D eigenvalue weighted by atomic mass is 35.5. The maximum atomic E-state index is 11.3. The molecule has 0 aliphatic heterocycles. The minimum atomic E-state index is -0.550. The van der Waals surface area contributed by atoms with E-state index in [9.17, 15) is 4.79 Å². The summed E-state index contributed by atoms with van der Waals surface area (Å²) in [6.45, 7) is 1.61. The number of rotatable bonds is 3. The van der Waals surface area contributed by atoms with E-state index < -0.39 is 6.04 Å². The van der Waals surface area contributed by atoms with E-state index in [0.717, 1.165) is 0 Å². The van der Waals surface area contributed by atoms with Crippen molar-refractivity contribution in [1.29, 1.82) is 0 Å².